The molecule has 3 aromatic carbocycles. The van der Waals surface area contributed by atoms with Crippen LogP contribution in [0.25, 0.3) is 0 Å². The van der Waals surface area contributed by atoms with Crippen molar-refractivity contribution in [3.8, 4) is 0 Å². The maximum absolute atomic E-state index is 13.6. The molecule has 4 rings (SSSR count). The van der Waals surface area contributed by atoms with Gasteiger partial charge in [-0.2, -0.15) is 0 Å². The van der Waals surface area contributed by atoms with Gasteiger partial charge in [-0.05, 0) is 28.8 Å². The molecule has 0 bridgehead atoms. The van der Waals surface area contributed by atoms with E-state index in [0.717, 1.165) is 16.7 Å². The number of nitrogens with zero attached hydrogens (tertiary/aromatic N) is 1. The Labute approximate surface area is 173 Å². The monoisotopic (exact) mass is 413 g/mol. The van der Waals surface area contributed by atoms with Gasteiger partial charge in [0.1, 0.15) is 10.1 Å². The summed E-state index contributed by atoms with van der Waals surface area (Å²) < 4.78 is -0.798. The highest BCUT2D eigenvalue weighted by Gasteiger charge is 2.53. The Morgan fingerprint density at radius 3 is 1.93 bits per heavy atom. The van der Waals surface area contributed by atoms with Crippen molar-refractivity contribution in [3.63, 3.8) is 0 Å². The first-order chi connectivity index (χ1) is 13.0. The molecule has 0 aromatic heterocycles. The maximum Gasteiger partial charge on any atom is 0.248 e. The highest BCUT2D eigenvalue weighted by Crippen LogP contribution is 2.57. The molecule has 1 heterocycles. The molecule has 1 atom stereocenters. The summed E-state index contributed by atoms with van der Waals surface area (Å²) in [4.78, 5) is 15.4. The van der Waals surface area contributed by atoms with E-state index in [4.69, 9.17) is 23.2 Å². The number of likely N-dealkylation sites (N-methyl/N-ethyl adjacent to an activating group) is 1. The van der Waals surface area contributed by atoms with E-state index in [-0.39, 0.29) is 11.3 Å². The molecule has 136 valence electrons. The second-order valence-corrected chi connectivity index (χ2v) is 8.58. The molecule has 1 aliphatic rings. The topological polar surface area (TPSA) is 20.3 Å². The van der Waals surface area contributed by atoms with Gasteiger partial charge in [-0.1, -0.05) is 89.9 Å². The lowest BCUT2D eigenvalue weighted by Gasteiger charge is -2.27. The van der Waals surface area contributed by atoms with E-state index in [1.807, 2.05) is 79.8 Å². The summed E-state index contributed by atoms with van der Waals surface area (Å²) in [7, 11) is 1.84. The van der Waals surface area contributed by atoms with E-state index in [9.17, 15) is 4.79 Å². The van der Waals surface area contributed by atoms with Crippen LogP contribution < -0.4 is 0 Å². The number of carbonyl (C=O) groups is 1. The standard InChI is InChI=1S/C22H17Cl2NOS/c1-25-20(15-12-13-18(23)19(24)14-15)27-22(21(25)26,16-8-4-2-5-9-16)17-10-6-3-7-11-17/h2-14,20H,1H3. The quantitative estimate of drug-likeness (QED) is 0.513. The van der Waals surface area contributed by atoms with Crippen molar-refractivity contribution >= 4 is 40.9 Å². The third-order valence-corrected chi connectivity index (χ3v) is 7.40. The van der Waals surface area contributed by atoms with Crippen LogP contribution in [0.2, 0.25) is 10.0 Å². The summed E-state index contributed by atoms with van der Waals surface area (Å²) in [5.41, 5.74) is 2.90. The summed E-state index contributed by atoms with van der Waals surface area (Å²) in [5, 5.41) is 0.843. The third-order valence-electron chi connectivity index (χ3n) is 4.85. The van der Waals surface area contributed by atoms with Gasteiger partial charge >= 0.3 is 0 Å². The second kappa shape index (κ2) is 7.23. The van der Waals surface area contributed by atoms with E-state index >= 15 is 0 Å². The molecule has 1 fully saturated rings. The van der Waals surface area contributed by atoms with Gasteiger partial charge in [0.15, 0.2) is 0 Å². The first-order valence-electron chi connectivity index (χ1n) is 8.55. The Morgan fingerprint density at radius 1 is 0.852 bits per heavy atom. The number of amides is 1. The molecule has 0 N–H and O–H groups in total. The van der Waals surface area contributed by atoms with Crippen molar-refractivity contribution in [2.75, 3.05) is 7.05 Å². The summed E-state index contributed by atoms with van der Waals surface area (Å²) >= 11 is 13.9. The molecule has 5 heteroatoms. The number of hydrogen-bond donors (Lipinski definition) is 0. The van der Waals surface area contributed by atoms with E-state index < -0.39 is 4.75 Å². The first-order valence-corrected chi connectivity index (χ1v) is 10.2. The fraction of sp³-hybridized carbons (Fsp3) is 0.136. The summed E-state index contributed by atoms with van der Waals surface area (Å²) in [6, 6.07) is 25.4. The van der Waals surface area contributed by atoms with Crippen LogP contribution >= 0.6 is 35.0 Å². The van der Waals surface area contributed by atoms with Crippen LogP contribution in [0, 0.1) is 0 Å². The number of hydrogen-bond acceptors (Lipinski definition) is 2. The molecule has 0 saturated carbocycles. The van der Waals surface area contributed by atoms with Gasteiger partial charge in [-0.15, -0.1) is 11.8 Å². The molecule has 0 spiro atoms. The molecule has 2 nitrogen and oxygen atoms in total. The molecule has 0 aliphatic carbocycles. The molecule has 1 aliphatic heterocycles. The van der Waals surface area contributed by atoms with Gasteiger partial charge in [-0.3, -0.25) is 4.79 Å². The average molecular weight is 414 g/mol. The molecule has 3 aromatic rings. The normalized spacial score (nSPS) is 18.7. The summed E-state index contributed by atoms with van der Waals surface area (Å²) in [6.45, 7) is 0. The van der Waals surface area contributed by atoms with Crippen molar-refractivity contribution < 1.29 is 4.79 Å². The number of rotatable bonds is 3. The van der Waals surface area contributed by atoms with Crippen LogP contribution in [0.1, 0.15) is 22.1 Å². The maximum atomic E-state index is 13.6. The minimum absolute atomic E-state index is 0.0565. The van der Waals surface area contributed by atoms with E-state index in [0.29, 0.717) is 10.0 Å². The van der Waals surface area contributed by atoms with E-state index in [1.165, 1.54) is 0 Å². The third kappa shape index (κ3) is 3.04. The Balaban J connectivity index is 1.87. The fourth-order valence-electron chi connectivity index (χ4n) is 3.50. The van der Waals surface area contributed by atoms with Gasteiger partial charge in [0.25, 0.3) is 0 Å². The summed E-state index contributed by atoms with van der Waals surface area (Å²) in [6.07, 6.45) is 0. The number of carbonyl (C=O) groups excluding carboxylic acids is 1. The van der Waals surface area contributed by atoms with Crippen LogP contribution in [0.5, 0.6) is 0 Å². The van der Waals surface area contributed by atoms with Crippen LogP contribution in [0.3, 0.4) is 0 Å². The number of halogens is 2. The Bertz CT molecular complexity index is 939. The van der Waals surface area contributed by atoms with E-state index in [1.54, 1.807) is 22.7 Å². The van der Waals surface area contributed by atoms with Crippen molar-refractivity contribution in [1.82, 2.24) is 4.90 Å². The van der Waals surface area contributed by atoms with Crippen molar-refractivity contribution in [1.29, 1.82) is 0 Å². The van der Waals surface area contributed by atoms with Crippen LogP contribution in [-0.2, 0) is 9.54 Å². The zero-order valence-corrected chi connectivity index (χ0v) is 16.9. The molecular weight excluding hydrogens is 397 g/mol. The lowest BCUT2D eigenvalue weighted by atomic mass is 9.89. The van der Waals surface area contributed by atoms with Gasteiger partial charge in [0, 0.05) is 7.05 Å². The molecule has 1 saturated heterocycles. The fourth-order valence-corrected chi connectivity index (χ4v) is 5.47. The van der Waals surface area contributed by atoms with Crippen molar-refractivity contribution in [3.05, 3.63) is 106 Å². The van der Waals surface area contributed by atoms with Crippen LogP contribution in [0.15, 0.2) is 78.9 Å². The zero-order chi connectivity index (χ0) is 19.0. The summed E-state index contributed by atoms with van der Waals surface area (Å²) in [5.74, 6) is 0.0565. The van der Waals surface area contributed by atoms with Crippen LogP contribution in [0.4, 0.5) is 0 Å². The Hall–Kier alpha value is -1.94. The highest BCUT2D eigenvalue weighted by atomic mass is 35.5. The molecule has 27 heavy (non-hydrogen) atoms. The van der Waals surface area contributed by atoms with Gasteiger partial charge in [-0.25, -0.2) is 0 Å². The van der Waals surface area contributed by atoms with Gasteiger partial charge in [0.2, 0.25) is 5.91 Å². The predicted octanol–water partition coefficient (Wildman–Crippen LogP) is 6.14. The predicted molar refractivity (Wildman–Crippen MR) is 113 cm³/mol. The van der Waals surface area contributed by atoms with E-state index in [2.05, 4.69) is 0 Å². The first kappa shape index (κ1) is 18.4. The lowest BCUT2D eigenvalue weighted by Crippen LogP contribution is -2.36. The second-order valence-electron chi connectivity index (χ2n) is 6.47. The molecule has 1 amide bonds. The minimum atomic E-state index is -0.798. The SMILES string of the molecule is CN1C(=O)C(c2ccccc2)(c2ccccc2)SC1c1ccc(Cl)c(Cl)c1. The number of benzene rings is 3. The van der Waals surface area contributed by atoms with Gasteiger partial charge in [0.05, 0.1) is 10.0 Å². The largest absolute Gasteiger partial charge is 0.328 e. The Morgan fingerprint density at radius 2 is 1.41 bits per heavy atom. The minimum Gasteiger partial charge on any atom is -0.328 e. The van der Waals surface area contributed by atoms with Gasteiger partial charge < -0.3 is 4.90 Å². The lowest BCUT2D eigenvalue weighted by molar-refractivity contribution is -0.130. The van der Waals surface area contributed by atoms with Crippen molar-refractivity contribution in [2.45, 2.75) is 10.1 Å². The molecular formula is C22H17Cl2NOS. The highest BCUT2D eigenvalue weighted by molar-refractivity contribution is 8.01. The Kier molecular flexibility index (Phi) is 4.94. The smallest absolute Gasteiger partial charge is 0.248 e. The number of thioether (sulfide) groups is 1. The van der Waals surface area contributed by atoms with Crippen molar-refractivity contribution in [2.24, 2.45) is 0 Å². The molecule has 0 radical (unpaired) electrons. The van der Waals surface area contributed by atoms with Crippen LogP contribution in [-0.4, -0.2) is 17.9 Å². The molecule has 1 unspecified atom stereocenters. The zero-order valence-electron chi connectivity index (χ0n) is 14.6. The average Bonchev–Trinajstić information content (AvgIpc) is 2.98.